The third kappa shape index (κ3) is 2.89. The Morgan fingerprint density at radius 1 is 1.16 bits per heavy atom. The Kier molecular flexibility index (Phi) is 3.69. The molecule has 1 atom stereocenters. The van der Waals surface area contributed by atoms with Crippen molar-refractivity contribution in [3.8, 4) is 0 Å². The molecule has 2 aliphatic heterocycles. The topological polar surface area (TPSA) is 44.4 Å². The van der Waals surface area contributed by atoms with Crippen LogP contribution in [0.5, 0.6) is 0 Å². The summed E-state index contributed by atoms with van der Waals surface area (Å²) in [5, 5.41) is 6.19. The molecular formula is C15H21N3O. The standard InChI is InChI=1S/C15H21N3O/c19-15(14-4-3-9-16-14)17-12-5-7-13(8-6-12)18-10-1-2-11-18/h5-8,14,16H,1-4,9-11H2,(H,17,19). The molecule has 2 N–H and O–H groups in total. The summed E-state index contributed by atoms with van der Waals surface area (Å²) in [6.45, 7) is 3.25. The molecule has 1 amide bonds. The normalized spacial score (nSPS) is 22.7. The van der Waals surface area contributed by atoms with Gasteiger partial charge in [0.1, 0.15) is 0 Å². The van der Waals surface area contributed by atoms with Crippen LogP contribution in [-0.2, 0) is 4.79 Å². The molecule has 1 aromatic carbocycles. The minimum absolute atomic E-state index is 0.0155. The van der Waals surface area contributed by atoms with Gasteiger partial charge in [-0.3, -0.25) is 4.79 Å². The lowest BCUT2D eigenvalue weighted by Gasteiger charge is -2.18. The molecule has 4 nitrogen and oxygen atoms in total. The average molecular weight is 259 g/mol. The van der Waals surface area contributed by atoms with Gasteiger partial charge in [-0.25, -0.2) is 0 Å². The third-order valence-electron chi connectivity index (χ3n) is 3.98. The summed E-state index contributed by atoms with van der Waals surface area (Å²) >= 11 is 0. The SMILES string of the molecule is O=C(Nc1ccc(N2CCCC2)cc1)C1CCCN1. The van der Waals surface area contributed by atoms with Crippen molar-refractivity contribution < 1.29 is 4.79 Å². The van der Waals surface area contributed by atoms with Gasteiger partial charge in [-0.15, -0.1) is 0 Å². The van der Waals surface area contributed by atoms with Crippen LogP contribution in [0.25, 0.3) is 0 Å². The quantitative estimate of drug-likeness (QED) is 0.872. The largest absolute Gasteiger partial charge is 0.372 e. The lowest BCUT2D eigenvalue weighted by Crippen LogP contribution is -2.35. The highest BCUT2D eigenvalue weighted by Crippen LogP contribution is 2.22. The van der Waals surface area contributed by atoms with E-state index in [1.165, 1.54) is 18.5 Å². The van der Waals surface area contributed by atoms with Crippen molar-refractivity contribution in [3.05, 3.63) is 24.3 Å². The molecule has 1 aromatic rings. The Morgan fingerprint density at radius 3 is 2.53 bits per heavy atom. The number of hydrogen-bond acceptors (Lipinski definition) is 3. The second kappa shape index (κ2) is 5.61. The van der Waals surface area contributed by atoms with E-state index in [0.717, 1.165) is 38.2 Å². The van der Waals surface area contributed by atoms with Crippen LogP contribution in [0.15, 0.2) is 24.3 Å². The number of nitrogens with zero attached hydrogens (tertiary/aromatic N) is 1. The molecule has 2 saturated heterocycles. The number of rotatable bonds is 3. The molecule has 19 heavy (non-hydrogen) atoms. The maximum Gasteiger partial charge on any atom is 0.241 e. The predicted molar refractivity (Wildman–Crippen MR) is 77.5 cm³/mol. The molecular weight excluding hydrogens is 238 g/mol. The zero-order chi connectivity index (χ0) is 13.1. The van der Waals surface area contributed by atoms with Gasteiger partial charge in [0.2, 0.25) is 5.91 Å². The first-order valence-electron chi connectivity index (χ1n) is 7.22. The van der Waals surface area contributed by atoms with Gasteiger partial charge in [-0.05, 0) is 56.5 Å². The van der Waals surface area contributed by atoms with Crippen molar-refractivity contribution in [1.29, 1.82) is 0 Å². The number of anilines is 2. The molecule has 0 spiro atoms. The van der Waals surface area contributed by atoms with Crippen molar-refractivity contribution in [3.63, 3.8) is 0 Å². The van der Waals surface area contributed by atoms with Crippen molar-refractivity contribution in [2.45, 2.75) is 31.7 Å². The zero-order valence-corrected chi connectivity index (χ0v) is 11.2. The predicted octanol–water partition coefficient (Wildman–Crippen LogP) is 1.98. The fourth-order valence-electron chi connectivity index (χ4n) is 2.87. The van der Waals surface area contributed by atoms with Gasteiger partial charge in [0.05, 0.1) is 6.04 Å². The summed E-state index contributed by atoms with van der Waals surface area (Å²) in [7, 11) is 0. The molecule has 0 bridgehead atoms. The molecule has 0 aliphatic carbocycles. The van der Waals surface area contributed by atoms with Gasteiger partial charge in [-0.1, -0.05) is 0 Å². The lowest BCUT2D eigenvalue weighted by molar-refractivity contribution is -0.117. The fourth-order valence-corrected chi connectivity index (χ4v) is 2.87. The van der Waals surface area contributed by atoms with Gasteiger partial charge in [0, 0.05) is 24.5 Å². The van der Waals surface area contributed by atoms with Crippen LogP contribution in [0.3, 0.4) is 0 Å². The number of amides is 1. The van der Waals surface area contributed by atoms with E-state index in [9.17, 15) is 4.79 Å². The summed E-state index contributed by atoms with van der Waals surface area (Å²) in [5.74, 6) is 0.0893. The molecule has 3 rings (SSSR count). The summed E-state index contributed by atoms with van der Waals surface area (Å²) < 4.78 is 0. The number of carbonyl (C=O) groups excluding carboxylic acids is 1. The van der Waals surface area contributed by atoms with E-state index in [0.29, 0.717) is 0 Å². The van der Waals surface area contributed by atoms with Crippen LogP contribution >= 0.6 is 0 Å². The molecule has 2 aliphatic rings. The van der Waals surface area contributed by atoms with Crippen LogP contribution in [0.4, 0.5) is 11.4 Å². The second-order valence-electron chi connectivity index (χ2n) is 5.38. The van der Waals surface area contributed by atoms with Crippen LogP contribution < -0.4 is 15.5 Å². The number of carbonyl (C=O) groups is 1. The summed E-state index contributed by atoms with van der Waals surface area (Å²) in [4.78, 5) is 14.4. The van der Waals surface area contributed by atoms with E-state index < -0.39 is 0 Å². The van der Waals surface area contributed by atoms with Gasteiger partial charge >= 0.3 is 0 Å². The third-order valence-corrected chi connectivity index (χ3v) is 3.98. The maximum absolute atomic E-state index is 12.0. The molecule has 2 fully saturated rings. The minimum Gasteiger partial charge on any atom is -0.372 e. The van der Waals surface area contributed by atoms with Gasteiger partial charge in [-0.2, -0.15) is 0 Å². The number of hydrogen-bond donors (Lipinski definition) is 2. The highest BCUT2D eigenvalue weighted by molar-refractivity contribution is 5.95. The Morgan fingerprint density at radius 2 is 1.89 bits per heavy atom. The van der Waals surface area contributed by atoms with Gasteiger partial charge in [0.25, 0.3) is 0 Å². The highest BCUT2D eigenvalue weighted by Gasteiger charge is 2.21. The van der Waals surface area contributed by atoms with E-state index in [2.05, 4.69) is 27.7 Å². The van der Waals surface area contributed by atoms with Crippen LogP contribution in [-0.4, -0.2) is 31.6 Å². The second-order valence-corrected chi connectivity index (χ2v) is 5.38. The number of benzene rings is 1. The fraction of sp³-hybridized carbons (Fsp3) is 0.533. The van der Waals surface area contributed by atoms with Crippen molar-refractivity contribution in [2.24, 2.45) is 0 Å². The first-order valence-corrected chi connectivity index (χ1v) is 7.22. The van der Waals surface area contributed by atoms with E-state index in [-0.39, 0.29) is 11.9 Å². The monoisotopic (exact) mass is 259 g/mol. The number of nitrogens with one attached hydrogen (secondary N) is 2. The Balaban J connectivity index is 1.60. The summed E-state index contributed by atoms with van der Waals surface area (Å²) in [5.41, 5.74) is 2.15. The van der Waals surface area contributed by atoms with E-state index >= 15 is 0 Å². The van der Waals surface area contributed by atoms with E-state index in [1.54, 1.807) is 0 Å². The lowest BCUT2D eigenvalue weighted by atomic mass is 10.2. The average Bonchev–Trinajstić information content (AvgIpc) is 3.13. The molecule has 102 valence electrons. The van der Waals surface area contributed by atoms with E-state index in [4.69, 9.17) is 0 Å². The summed E-state index contributed by atoms with van der Waals surface area (Å²) in [6, 6.07) is 8.19. The molecule has 0 aromatic heterocycles. The minimum atomic E-state index is -0.0155. The molecule has 2 heterocycles. The first-order chi connectivity index (χ1) is 9.33. The Hall–Kier alpha value is -1.55. The zero-order valence-electron chi connectivity index (χ0n) is 11.2. The van der Waals surface area contributed by atoms with E-state index in [1.807, 2.05) is 12.1 Å². The van der Waals surface area contributed by atoms with Gasteiger partial charge < -0.3 is 15.5 Å². The first kappa shape index (κ1) is 12.5. The highest BCUT2D eigenvalue weighted by atomic mass is 16.2. The van der Waals surface area contributed by atoms with Crippen molar-refractivity contribution in [1.82, 2.24) is 5.32 Å². The molecule has 4 heteroatoms. The van der Waals surface area contributed by atoms with Crippen LogP contribution in [0.2, 0.25) is 0 Å². The Bertz CT molecular complexity index is 431. The molecule has 0 saturated carbocycles. The Labute approximate surface area is 114 Å². The van der Waals surface area contributed by atoms with Crippen molar-refractivity contribution in [2.75, 3.05) is 29.9 Å². The molecule has 0 radical (unpaired) electrons. The maximum atomic E-state index is 12.0. The van der Waals surface area contributed by atoms with Crippen molar-refractivity contribution >= 4 is 17.3 Å². The molecule has 1 unspecified atom stereocenters. The van der Waals surface area contributed by atoms with Gasteiger partial charge in [0.15, 0.2) is 0 Å². The van der Waals surface area contributed by atoms with Crippen LogP contribution in [0.1, 0.15) is 25.7 Å². The smallest absolute Gasteiger partial charge is 0.241 e. The van der Waals surface area contributed by atoms with Crippen LogP contribution in [0, 0.1) is 0 Å². The summed E-state index contributed by atoms with van der Waals surface area (Å²) in [6.07, 6.45) is 4.60.